The maximum absolute atomic E-state index is 13.0. The Bertz CT molecular complexity index is 370. The smallest absolute Gasteiger partial charge is 0.159 e. The standard InChI is InChI=1S/C14H22F2OSi/c1-3-14(4-2,17-18)9-5-6-11-7-8-12(15)13(16)10-11/h7-8,10H,3-6,9H2,1-2,18H3. The van der Waals surface area contributed by atoms with E-state index in [2.05, 4.69) is 13.8 Å². The molecule has 0 aliphatic carbocycles. The largest absolute Gasteiger partial charge is 0.422 e. The highest BCUT2D eigenvalue weighted by Crippen LogP contribution is 2.26. The minimum absolute atomic E-state index is 0.00913. The van der Waals surface area contributed by atoms with Crippen LogP contribution in [0.2, 0.25) is 0 Å². The molecule has 1 rings (SSSR count). The van der Waals surface area contributed by atoms with Crippen molar-refractivity contribution < 1.29 is 13.2 Å². The van der Waals surface area contributed by atoms with Crippen LogP contribution in [-0.4, -0.2) is 16.1 Å². The topological polar surface area (TPSA) is 9.23 Å². The van der Waals surface area contributed by atoms with Gasteiger partial charge in [-0.15, -0.1) is 0 Å². The third kappa shape index (κ3) is 3.88. The van der Waals surface area contributed by atoms with E-state index in [9.17, 15) is 8.78 Å². The summed E-state index contributed by atoms with van der Waals surface area (Å²) in [5.41, 5.74) is 0.841. The van der Waals surface area contributed by atoms with Crippen LogP contribution < -0.4 is 0 Å². The van der Waals surface area contributed by atoms with E-state index < -0.39 is 11.6 Å². The van der Waals surface area contributed by atoms with Gasteiger partial charge in [0, 0.05) is 0 Å². The van der Waals surface area contributed by atoms with Crippen molar-refractivity contribution in [3.05, 3.63) is 35.4 Å². The van der Waals surface area contributed by atoms with Gasteiger partial charge in [-0.2, -0.15) is 0 Å². The Balaban J connectivity index is 2.52. The van der Waals surface area contributed by atoms with E-state index in [1.165, 1.54) is 12.1 Å². The predicted octanol–water partition coefficient (Wildman–Crippen LogP) is 3.14. The van der Waals surface area contributed by atoms with Crippen molar-refractivity contribution in [3.8, 4) is 0 Å². The highest BCUT2D eigenvalue weighted by atomic mass is 28.2. The van der Waals surface area contributed by atoms with Crippen molar-refractivity contribution >= 4 is 10.5 Å². The SMILES string of the molecule is CCC(CC)(CCCc1ccc(F)c(F)c1)O[SiH3]. The van der Waals surface area contributed by atoms with Crippen LogP contribution in [0.3, 0.4) is 0 Å². The van der Waals surface area contributed by atoms with Crippen LogP contribution in [0.1, 0.15) is 45.1 Å². The molecule has 0 aromatic heterocycles. The Labute approximate surface area is 111 Å². The number of halogens is 2. The molecule has 1 aromatic rings. The molecule has 0 atom stereocenters. The zero-order valence-corrected chi connectivity index (χ0v) is 13.4. The van der Waals surface area contributed by atoms with Crippen molar-refractivity contribution in [2.45, 2.75) is 51.6 Å². The number of hydrogen-bond donors (Lipinski definition) is 0. The Morgan fingerprint density at radius 1 is 1.17 bits per heavy atom. The summed E-state index contributed by atoms with van der Waals surface area (Å²) in [5.74, 6) is -1.54. The molecule has 0 aliphatic heterocycles. The monoisotopic (exact) mass is 272 g/mol. The molecule has 0 unspecified atom stereocenters. The number of hydrogen-bond acceptors (Lipinski definition) is 1. The first-order valence-electron chi connectivity index (χ1n) is 6.56. The molecule has 0 bridgehead atoms. The van der Waals surface area contributed by atoms with Gasteiger partial charge >= 0.3 is 0 Å². The van der Waals surface area contributed by atoms with Crippen LogP contribution in [0.5, 0.6) is 0 Å². The summed E-state index contributed by atoms with van der Waals surface area (Å²) in [7, 11) is 0.740. The lowest BCUT2D eigenvalue weighted by Crippen LogP contribution is -2.30. The summed E-state index contributed by atoms with van der Waals surface area (Å²) in [6.07, 6.45) is 4.69. The van der Waals surface area contributed by atoms with E-state index in [1.54, 1.807) is 6.07 Å². The van der Waals surface area contributed by atoms with Crippen LogP contribution in [0.4, 0.5) is 8.78 Å². The molecule has 0 N–H and O–H groups in total. The first-order chi connectivity index (χ1) is 8.56. The Morgan fingerprint density at radius 3 is 2.33 bits per heavy atom. The molecule has 0 saturated carbocycles. The van der Waals surface area contributed by atoms with Gasteiger partial charge in [0.2, 0.25) is 0 Å². The first kappa shape index (κ1) is 15.3. The van der Waals surface area contributed by atoms with Gasteiger partial charge in [0.05, 0.1) is 5.60 Å². The van der Waals surface area contributed by atoms with Gasteiger partial charge in [-0.3, -0.25) is 0 Å². The van der Waals surface area contributed by atoms with Crippen LogP contribution in [-0.2, 0) is 10.8 Å². The fraction of sp³-hybridized carbons (Fsp3) is 0.571. The average molecular weight is 272 g/mol. The molecule has 1 nitrogen and oxygen atoms in total. The number of rotatable bonds is 7. The fourth-order valence-corrected chi connectivity index (χ4v) is 3.09. The normalized spacial score (nSPS) is 12.0. The molecule has 0 aliphatic rings. The minimum Gasteiger partial charge on any atom is -0.422 e. The predicted molar refractivity (Wildman–Crippen MR) is 73.6 cm³/mol. The van der Waals surface area contributed by atoms with Crippen molar-refractivity contribution in [2.75, 3.05) is 0 Å². The lowest BCUT2D eigenvalue weighted by atomic mass is 9.90. The molecular weight excluding hydrogens is 250 g/mol. The maximum Gasteiger partial charge on any atom is 0.159 e. The Morgan fingerprint density at radius 2 is 1.83 bits per heavy atom. The van der Waals surface area contributed by atoms with E-state index in [1.807, 2.05) is 0 Å². The first-order valence-corrected chi connectivity index (χ1v) is 7.37. The van der Waals surface area contributed by atoms with Gasteiger partial charge in [0.15, 0.2) is 11.6 Å². The molecule has 1 aromatic carbocycles. The van der Waals surface area contributed by atoms with Crippen LogP contribution in [0, 0.1) is 11.6 Å². The molecule has 0 saturated heterocycles. The van der Waals surface area contributed by atoms with Gasteiger partial charge in [0.1, 0.15) is 10.5 Å². The Kier molecular flexibility index (Phi) is 5.95. The average Bonchev–Trinajstić information content (AvgIpc) is 2.39. The van der Waals surface area contributed by atoms with E-state index >= 15 is 0 Å². The van der Waals surface area contributed by atoms with Crippen LogP contribution >= 0.6 is 0 Å². The molecule has 4 heteroatoms. The summed E-state index contributed by atoms with van der Waals surface area (Å²) in [5, 5.41) is 0. The highest BCUT2D eigenvalue weighted by molar-refractivity contribution is 5.98. The van der Waals surface area contributed by atoms with Crippen molar-refractivity contribution in [2.24, 2.45) is 0 Å². The van der Waals surface area contributed by atoms with Gasteiger partial charge in [-0.1, -0.05) is 19.9 Å². The summed E-state index contributed by atoms with van der Waals surface area (Å²) < 4.78 is 31.6. The minimum atomic E-state index is -0.780. The van der Waals surface area contributed by atoms with Gasteiger partial charge in [-0.05, 0) is 49.8 Å². The third-order valence-corrected chi connectivity index (χ3v) is 4.67. The van der Waals surface area contributed by atoms with Gasteiger partial charge in [0.25, 0.3) is 0 Å². The van der Waals surface area contributed by atoms with Crippen molar-refractivity contribution in [1.82, 2.24) is 0 Å². The summed E-state index contributed by atoms with van der Waals surface area (Å²) in [6.45, 7) is 4.28. The van der Waals surface area contributed by atoms with Crippen molar-refractivity contribution in [1.29, 1.82) is 0 Å². The van der Waals surface area contributed by atoms with E-state index in [4.69, 9.17) is 4.43 Å². The molecule has 0 fully saturated rings. The maximum atomic E-state index is 13.0. The second-order valence-electron chi connectivity index (χ2n) is 4.70. The molecule has 0 spiro atoms. The summed E-state index contributed by atoms with van der Waals surface area (Å²) in [4.78, 5) is 0. The van der Waals surface area contributed by atoms with Gasteiger partial charge < -0.3 is 4.43 Å². The molecule has 0 heterocycles. The van der Waals surface area contributed by atoms with Crippen LogP contribution in [0.15, 0.2) is 18.2 Å². The lowest BCUT2D eigenvalue weighted by molar-refractivity contribution is 0.0592. The molecule has 0 amide bonds. The zero-order valence-electron chi connectivity index (χ0n) is 11.4. The number of benzene rings is 1. The quantitative estimate of drug-likeness (QED) is 0.693. The number of aryl methyl sites for hydroxylation is 1. The van der Waals surface area contributed by atoms with Crippen LogP contribution in [0.25, 0.3) is 0 Å². The lowest BCUT2D eigenvalue weighted by Gasteiger charge is -2.31. The van der Waals surface area contributed by atoms with Gasteiger partial charge in [-0.25, -0.2) is 8.78 Å². The fourth-order valence-electron chi connectivity index (χ4n) is 2.30. The molecule has 18 heavy (non-hydrogen) atoms. The van der Waals surface area contributed by atoms with E-state index in [0.717, 1.165) is 48.2 Å². The Hall–Kier alpha value is -0.743. The van der Waals surface area contributed by atoms with Crippen molar-refractivity contribution in [3.63, 3.8) is 0 Å². The summed E-state index contributed by atoms with van der Waals surface area (Å²) >= 11 is 0. The highest BCUT2D eigenvalue weighted by Gasteiger charge is 2.23. The van der Waals surface area contributed by atoms with E-state index in [0.29, 0.717) is 0 Å². The third-order valence-electron chi connectivity index (χ3n) is 3.80. The second kappa shape index (κ2) is 7.00. The molecule has 0 radical (unpaired) electrons. The summed E-state index contributed by atoms with van der Waals surface area (Å²) in [6, 6.07) is 4.14. The molecule has 102 valence electrons. The second-order valence-corrected chi connectivity index (χ2v) is 5.10. The van der Waals surface area contributed by atoms with E-state index in [-0.39, 0.29) is 5.60 Å². The zero-order chi connectivity index (χ0) is 13.6. The molecular formula is C14H22F2OSi.